The predicted octanol–water partition coefficient (Wildman–Crippen LogP) is 1.08. The molecule has 2 aromatic rings. The van der Waals surface area contributed by atoms with Crippen LogP contribution in [-0.2, 0) is 30.6 Å². The number of nitrogens with one attached hydrogen (secondary N) is 1. The fourth-order valence-corrected chi connectivity index (χ4v) is 5.91. The lowest BCUT2D eigenvalue weighted by Gasteiger charge is -2.28. The van der Waals surface area contributed by atoms with Crippen molar-refractivity contribution in [1.82, 2.24) is 14.6 Å². The zero-order valence-corrected chi connectivity index (χ0v) is 22.0. The summed E-state index contributed by atoms with van der Waals surface area (Å²) in [5.41, 5.74) is 2.90. The maximum absolute atomic E-state index is 12.4. The van der Waals surface area contributed by atoms with Crippen molar-refractivity contribution < 1.29 is 33.5 Å². The summed E-state index contributed by atoms with van der Waals surface area (Å²) in [6.45, 7) is 2.59. The van der Waals surface area contributed by atoms with Gasteiger partial charge in [-0.05, 0) is 57.7 Å². The molecule has 1 unspecified atom stereocenters. The van der Waals surface area contributed by atoms with E-state index in [4.69, 9.17) is 36.1 Å². The minimum atomic E-state index is -3.41. The number of hydrogen-bond acceptors (Lipinski definition) is 11. The van der Waals surface area contributed by atoms with Gasteiger partial charge in [0.15, 0.2) is 6.23 Å². The molecule has 3 rings (SSSR count). The highest BCUT2D eigenvalue weighted by Crippen LogP contribution is 2.47. The Bertz CT molecular complexity index is 1160. The second-order valence-corrected chi connectivity index (χ2v) is 11.9. The van der Waals surface area contributed by atoms with Crippen molar-refractivity contribution in [1.29, 1.82) is 0 Å². The summed E-state index contributed by atoms with van der Waals surface area (Å²) in [6.07, 6.45) is -2.86. The number of hydrogen-bond donors (Lipinski definition) is 4. The number of carbonyl (C=O) groups excluding carboxylic acids is 1. The van der Waals surface area contributed by atoms with Crippen LogP contribution in [0.15, 0.2) is 47.4 Å². The number of aromatic nitrogens is 2. The minimum absolute atomic E-state index is 0.00394. The van der Waals surface area contributed by atoms with Gasteiger partial charge < -0.3 is 34.5 Å². The standard InChI is InChI=1S/C22H31N4O8PS/c1-13(2)32-19(28)14(3)25-35(36,34-15-8-6-5-7-9-15)31-12-16-18(27)22(4,30)20(33-16)26-11-10-17(23)24-21(26)29/h5-11,13-14,16,18,20,27,30H,12H2,1-4H3,(H,25,36)(H2,23,24,29)/t14-,16-,18-,20-,22-,35?/m1/s1. The van der Waals surface area contributed by atoms with Crippen molar-refractivity contribution in [3.05, 3.63) is 53.1 Å². The molecule has 1 aromatic carbocycles. The molecule has 1 aliphatic heterocycles. The second kappa shape index (κ2) is 11.3. The number of anilines is 1. The molecular formula is C22H31N4O8PS. The van der Waals surface area contributed by atoms with E-state index in [1.54, 1.807) is 51.1 Å². The lowest BCUT2D eigenvalue weighted by atomic mass is 9.96. The summed E-state index contributed by atoms with van der Waals surface area (Å²) in [5.74, 6) is -0.144. The molecule has 12 nitrogen and oxygen atoms in total. The van der Waals surface area contributed by atoms with Crippen LogP contribution in [0.3, 0.4) is 0 Å². The van der Waals surface area contributed by atoms with Gasteiger partial charge in [0.2, 0.25) is 0 Å². The highest BCUT2D eigenvalue weighted by Gasteiger charge is 2.54. The van der Waals surface area contributed by atoms with Crippen molar-refractivity contribution in [3.8, 4) is 5.75 Å². The van der Waals surface area contributed by atoms with Crippen LogP contribution in [-0.4, -0.2) is 62.3 Å². The third-order valence-corrected chi connectivity index (χ3v) is 7.79. The van der Waals surface area contributed by atoms with Crippen LogP contribution in [0, 0.1) is 0 Å². The number of esters is 1. The number of nitrogens with two attached hydrogens (primary N) is 1. The van der Waals surface area contributed by atoms with Gasteiger partial charge in [0.25, 0.3) is 0 Å². The average molecular weight is 543 g/mol. The van der Waals surface area contributed by atoms with Crippen molar-refractivity contribution >= 4 is 30.2 Å². The zero-order valence-electron chi connectivity index (χ0n) is 20.3. The molecule has 1 aliphatic rings. The summed E-state index contributed by atoms with van der Waals surface area (Å²) in [7, 11) is 0. The summed E-state index contributed by atoms with van der Waals surface area (Å²) in [6, 6.07) is 9.13. The van der Waals surface area contributed by atoms with Gasteiger partial charge in [-0.15, -0.1) is 0 Å². The van der Waals surface area contributed by atoms with E-state index in [0.29, 0.717) is 5.75 Å². The van der Waals surface area contributed by atoms with E-state index >= 15 is 0 Å². The Kier molecular flexibility index (Phi) is 8.88. The van der Waals surface area contributed by atoms with Gasteiger partial charge >= 0.3 is 18.3 Å². The number of aliphatic hydroxyl groups excluding tert-OH is 1. The lowest BCUT2D eigenvalue weighted by Crippen LogP contribution is -2.46. The van der Waals surface area contributed by atoms with Crippen molar-refractivity contribution in [3.63, 3.8) is 0 Å². The molecule has 198 valence electrons. The van der Waals surface area contributed by atoms with Crippen LogP contribution >= 0.6 is 6.64 Å². The molecule has 0 radical (unpaired) electrons. The van der Waals surface area contributed by atoms with Crippen LogP contribution < -0.4 is 21.0 Å². The van der Waals surface area contributed by atoms with Crippen LogP contribution in [0.25, 0.3) is 0 Å². The third-order valence-electron chi connectivity index (χ3n) is 5.29. The van der Waals surface area contributed by atoms with E-state index in [0.717, 1.165) is 4.57 Å². The molecule has 0 amide bonds. The molecule has 14 heteroatoms. The number of nitrogen functional groups attached to an aromatic ring is 1. The number of aliphatic hydroxyl groups is 2. The first-order valence-electron chi connectivity index (χ1n) is 11.2. The van der Waals surface area contributed by atoms with Gasteiger partial charge in [-0.3, -0.25) is 9.36 Å². The maximum Gasteiger partial charge on any atom is 0.351 e. The summed E-state index contributed by atoms with van der Waals surface area (Å²) in [4.78, 5) is 28.3. The number of ether oxygens (including phenoxy) is 2. The molecule has 0 spiro atoms. The normalized spacial score (nSPS) is 26.4. The molecule has 1 saturated heterocycles. The fourth-order valence-electron chi connectivity index (χ4n) is 3.49. The summed E-state index contributed by atoms with van der Waals surface area (Å²) in [5, 5.41) is 24.6. The molecule has 0 aliphatic carbocycles. The Labute approximate surface area is 213 Å². The topological polar surface area (TPSA) is 167 Å². The van der Waals surface area contributed by atoms with Gasteiger partial charge in [-0.2, -0.15) is 4.98 Å². The van der Waals surface area contributed by atoms with Gasteiger partial charge in [0.05, 0.1) is 12.7 Å². The van der Waals surface area contributed by atoms with Gasteiger partial charge in [-0.1, -0.05) is 18.2 Å². The van der Waals surface area contributed by atoms with E-state index in [1.807, 2.05) is 0 Å². The van der Waals surface area contributed by atoms with E-state index in [2.05, 4.69) is 10.1 Å². The summed E-state index contributed by atoms with van der Waals surface area (Å²) < 4.78 is 23.9. The summed E-state index contributed by atoms with van der Waals surface area (Å²) >= 11 is 5.65. The zero-order chi connectivity index (χ0) is 26.7. The molecule has 0 bridgehead atoms. The quantitative estimate of drug-likeness (QED) is 0.250. The van der Waals surface area contributed by atoms with E-state index in [9.17, 15) is 19.8 Å². The number of rotatable bonds is 10. The van der Waals surface area contributed by atoms with Gasteiger partial charge in [-0.25, -0.2) is 9.88 Å². The highest BCUT2D eigenvalue weighted by molar-refractivity contribution is 8.09. The number of carbonyl (C=O) groups is 1. The molecule has 6 atom stereocenters. The van der Waals surface area contributed by atoms with Crippen molar-refractivity contribution in [2.24, 2.45) is 0 Å². The molecule has 2 heterocycles. The number of nitrogens with zero attached hydrogens (tertiary/aromatic N) is 2. The molecule has 5 N–H and O–H groups in total. The SMILES string of the molecule is CC(C)OC(=O)[C@@H](C)NP(=S)(OC[C@H]1O[C@@H](n2ccc(N)nc2=O)[C@](C)(O)[C@@H]1O)Oc1ccccc1. The third kappa shape index (κ3) is 6.68. The molecule has 1 aromatic heterocycles. The Morgan fingerprint density at radius 1 is 1.33 bits per heavy atom. The lowest BCUT2D eigenvalue weighted by molar-refractivity contribution is -0.149. The Balaban J connectivity index is 1.79. The second-order valence-electron chi connectivity index (χ2n) is 8.77. The van der Waals surface area contributed by atoms with Crippen LogP contribution in [0.5, 0.6) is 5.75 Å². The Morgan fingerprint density at radius 3 is 2.61 bits per heavy atom. The van der Waals surface area contributed by atoms with Crippen molar-refractivity contribution in [2.75, 3.05) is 12.3 Å². The average Bonchev–Trinajstić information content (AvgIpc) is 3.01. The van der Waals surface area contributed by atoms with E-state index in [1.165, 1.54) is 19.2 Å². The Hall–Kier alpha value is -2.38. The minimum Gasteiger partial charge on any atom is -0.462 e. The van der Waals surface area contributed by atoms with Crippen molar-refractivity contribution in [2.45, 2.75) is 63.9 Å². The smallest absolute Gasteiger partial charge is 0.351 e. The number of para-hydroxylation sites is 1. The molecule has 1 fully saturated rings. The first-order chi connectivity index (χ1) is 16.8. The largest absolute Gasteiger partial charge is 0.462 e. The molecule has 0 saturated carbocycles. The monoisotopic (exact) mass is 542 g/mol. The van der Waals surface area contributed by atoms with E-state index < -0.39 is 48.4 Å². The van der Waals surface area contributed by atoms with Crippen LogP contribution in [0.2, 0.25) is 0 Å². The fraction of sp³-hybridized carbons (Fsp3) is 0.500. The molecular weight excluding hydrogens is 511 g/mol. The first kappa shape index (κ1) is 28.2. The number of benzene rings is 1. The van der Waals surface area contributed by atoms with Gasteiger partial charge in [0, 0.05) is 6.20 Å². The van der Waals surface area contributed by atoms with Crippen LogP contribution in [0.1, 0.15) is 33.9 Å². The Morgan fingerprint density at radius 2 is 2.00 bits per heavy atom. The highest BCUT2D eigenvalue weighted by atomic mass is 32.5. The first-order valence-corrected chi connectivity index (χ1v) is 13.8. The molecule has 36 heavy (non-hydrogen) atoms. The maximum atomic E-state index is 12.4. The predicted molar refractivity (Wildman–Crippen MR) is 135 cm³/mol. The van der Waals surface area contributed by atoms with E-state index in [-0.39, 0.29) is 18.5 Å². The van der Waals surface area contributed by atoms with Gasteiger partial charge in [0.1, 0.15) is 35.4 Å². The van der Waals surface area contributed by atoms with Crippen LogP contribution in [0.4, 0.5) is 5.82 Å².